The smallest absolute Gasteiger partial charge is 0.127 e. The normalized spacial score (nSPS) is 29.2. The first-order valence-corrected chi connectivity index (χ1v) is 8.71. The van der Waals surface area contributed by atoms with Gasteiger partial charge in [0.2, 0.25) is 0 Å². The van der Waals surface area contributed by atoms with Crippen molar-refractivity contribution in [3.05, 3.63) is 27.7 Å². The van der Waals surface area contributed by atoms with E-state index in [-0.39, 0.29) is 0 Å². The monoisotopic (exact) mass is 352 g/mol. The lowest BCUT2D eigenvalue weighted by molar-refractivity contribution is 0.121. The number of fused-ring (bicyclic) bond motifs is 1. The van der Waals surface area contributed by atoms with Crippen LogP contribution in [0.5, 0.6) is 5.75 Å². The van der Waals surface area contributed by atoms with Crippen LogP contribution in [0.25, 0.3) is 0 Å². The van der Waals surface area contributed by atoms with Crippen LogP contribution in [0.15, 0.2) is 16.6 Å². The molecule has 1 saturated heterocycles. The summed E-state index contributed by atoms with van der Waals surface area (Å²) in [5.41, 5.74) is 2.63. The van der Waals surface area contributed by atoms with Gasteiger partial charge in [0.05, 0.1) is 6.61 Å². The number of rotatable bonds is 3. The first-order chi connectivity index (χ1) is 10.0. The molecule has 116 valence electrons. The van der Waals surface area contributed by atoms with Crippen molar-refractivity contribution in [1.82, 2.24) is 10.2 Å². The summed E-state index contributed by atoms with van der Waals surface area (Å²) in [6.07, 6.45) is 2.25. The predicted molar refractivity (Wildman–Crippen MR) is 89.8 cm³/mol. The van der Waals surface area contributed by atoms with Gasteiger partial charge in [0.25, 0.3) is 0 Å². The molecule has 0 spiro atoms. The molecule has 1 fully saturated rings. The quantitative estimate of drug-likeness (QED) is 0.903. The largest absolute Gasteiger partial charge is 0.493 e. The first kappa shape index (κ1) is 15.3. The van der Waals surface area contributed by atoms with Gasteiger partial charge in [-0.25, -0.2) is 0 Å². The fraction of sp³-hybridized carbons (Fsp3) is 0.647. The van der Waals surface area contributed by atoms with Crippen molar-refractivity contribution in [2.75, 3.05) is 20.2 Å². The van der Waals surface area contributed by atoms with E-state index in [2.05, 4.69) is 59.2 Å². The molecular weight excluding hydrogens is 328 g/mol. The van der Waals surface area contributed by atoms with Gasteiger partial charge in [-0.15, -0.1) is 0 Å². The molecule has 3 nitrogen and oxygen atoms in total. The molecule has 0 aliphatic carbocycles. The highest BCUT2D eigenvalue weighted by atomic mass is 79.9. The maximum atomic E-state index is 5.82. The predicted octanol–water partition coefficient (Wildman–Crippen LogP) is 3.20. The number of nitrogens with zero attached hydrogens (tertiary/aromatic N) is 1. The number of hydrogen-bond donors (Lipinski definition) is 1. The molecule has 1 aromatic rings. The minimum absolute atomic E-state index is 0.590. The molecule has 3 rings (SSSR count). The Morgan fingerprint density at radius 1 is 1.38 bits per heavy atom. The highest BCUT2D eigenvalue weighted by molar-refractivity contribution is 9.10. The number of hydrogen-bond acceptors (Lipinski definition) is 3. The molecule has 3 unspecified atom stereocenters. The lowest BCUT2D eigenvalue weighted by atomic mass is 9.89. The zero-order valence-corrected chi connectivity index (χ0v) is 14.7. The summed E-state index contributed by atoms with van der Waals surface area (Å²) in [5.74, 6) is 1.80. The molecule has 1 N–H and O–H groups in total. The topological polar surface area (TPSA) is 24.5 Å². The van der Waals surface area contributed by atoms with Crippen molar-refractivity contribution in [2.45, 2.75) is 45.3 Å². The maximum absolute atomic E-state index is 5.82. The molecule has 21 heavy (non-hydrogen) atoms. The first-order valence-electron chi connectivity index (χ1n) is 7.92. The Bertz CT molecular complexity index is 520. The minimum Gasteiger partial charge on any atom is -0.493 e. The van der Waals surface area contributed by atoms with Gasteiger partial charge in [-0.1, -0.05) is 22.9 Å². The SMILES string of the molecule is CC1CN(C)C(C)CC1NCc1cc(Br)cc2c1OCC2. The Kier molecular flexibility index (Phi) is 4.57. The standard InChI is InChI=1S/C17H25BrN2O/c1-11-10-20(3)12(2)6-16(11)19-9-14-8-15(18)7-13-4-5-21-17(13)14/h7-8,11-12,16,19H,4-6,9-10H2,1-3H3. The number of piperidine rings is 1. The van der Waals surface area contributed by atoms with E-state index in [0.29, 0.717) is 18.0 Å². The second-order valence-electron chi connectivity index (χ2n) is 6.64. The van der Waals surface area contributed by atoms with Gasteiger partial charge in [0, 0.05) is 41.6 Å². The van der Waals surface area contributed by atoms with Crippen molar-refractivity contribution >= 4 is 15.9 Å². The van der Waals surface area contributed by atoms with Crippen LogP contribution in [0.2, 0.25) is 0 Å². The van der Waals surface area contributed by atoms with Crippen molar-refractivity contribution < 1.29 is 4.74 Å². The summed E-state index contributed by atoms with van der Waals surface area (Å²) in [7, 11) is 2.23. The molecule has 0 bridgehead atoms. The number of nitrogens with one attached hydrogen (secondary N) is 1. The second-order valence-corrected chi connectivity index (χ2v) is 7.56. The highest BCUT2D eigenvalue weighted by Crippen LogP contribution is 2.33. The van der Waals surface area contributed by atoms with E-state index in [1.165, 1.54) is 24.1 Å². The summed E-state index contributed by atoms with van der Waals surface area (Å²) >= 11 is 3.62. The van der Waals surface area contributed by atoms with Crippen LogP contribution in [0.1, 0.15) is 31.4 Å². The fourth-order valence-electron chi connectivity index (χ4n) is 3.54. The minimum atomic E-state index is 0.590. The van der Waals surface area contributed by atoms with Crippen molar-refractivity contribution in [3.8, 4) is 5.75 Å². The Hall–Kier alpha value is -0.580. The van der Waals surface area contributed by atoms with E-state index in [1.807, 2.05) is 0 Å². The summed E-state index contributed by atoms with van der Waals surface area (Å²) in [4.78, 5) is 2.46. The number of halogens is 1. The summed E-state index contributed by atoms with van der Waals surface area (Å²) in [6, 6.07) is 5.63. The van der Waals surface area contributed by atoms with Crippen LogP contribution < -0.4 is 10.1 Å². The molecule has 0 saturated carbocycles. The third kappa shape index (κ3) is 3.27. The molecule has 1 aromatic carbocycles. The zero-order chi connectivity index (χ0) is 15.0. The Morgan fingerprint density at radius 2 is 2.19 bits per heavy atom. The van der Waals surface area contributed by atoms with Gasteiger partial charge in [-0.3, -0.25) is 0 Å². The van der Waals surface area contributed by atoms with Gasteiger partial charge in [-0.05, 0) is 44.0 Å². The number of ether oxygens (including phenoxy) is 1. The van der Waals surface area contributed by atoms with Gasteiger partial charge in [0.15, 0.2) is 0 Å². The molecule has 0 radical (unpaired) electrons. The van der Waals surface area contributed by atoms with Gasteiger partial charge < -0.3 is 15.0 Å². The van der Waals surface area contributed by atoms with E-state index in [1.54, 1.807) is 0 Å². The Balaban J connectivity index is 1.68. The van der Waals surface area contributed by atoms with Gasteiger partial charge in [0.1, 0.15) is 5.75 Å². The maximum Gasteiger partial charge on any atom is 0.127 e. The van der Waals surface area contributed by atoms with E-state index in [0.717, 1.165) is 29.8 Å². The highest BCUT2D eigenvalue weighted by Gasteiger charge is 2.29. The molecule has 3 atom stereocenters. The van der Waals surface area contributed by atoms with Crippen LogP contribution in [0, 0.1) is 5.92 Å². The van der Waals surface area contributed by atoms with E-state index in [4.69, 9.17) is 4.74 Å². The van der Waals surface area contributed by atoms with Crippen LogP contribution in [-0.2, 0) is 13.0 Å². The van der Waals surface area contributed by atoms with Crippen molar-refractivity contribution in [3.63, 3.8) is 0 Å². The summed E-state index contributed by atoms with van der Waals surface area (Å²) in [6.45, 7) is 7.56. The van der Waals surface area contributed by atoms with Crippen LogP contribution >= 0.6 is 15.9 Å². The average Bonchev–Trinajstić information content (AvgIpc) is 2.89. The zero-order valence-electron chi connectivity index (χ0n) is 13.2. The third-order valence-corrected chi connectivity index (χ3v) is 5.45. The Labute approximate surface area is 136 Å². The molecule has 2 aliphatic rings. The third-order valence-electron chi connectivity index (χ3n) is 4.99. The fourth-order valence-corrected chi connectivity index (χ4v) is 4.10. The number of benzene rings is 1. The summed E-state index contributed by atoms with van der Waals surface area (Å²) < 4.78 is 6.98. The van der Waals surface area contributed by atoms with E-state index >= 15 is 0 Å². The Morgan fingerprint density at radius 3 is 3.00 bits per heavy atom. The van der Waals surface area contributed by atoms with Gasteiger partial charge >= 0.3 is 0 Å². The average molecular weight is 353 g/mol. The molecule has 4 heteroatoms. The molecule has 0 aromatic heterocycles. The van der Waals surface area contributed by atoms with E-state index < -0.39 is 0 Å². The van der Waals surface area contributed by atoms with Crippen molar-refractivity contribution in [2.24, 2.45) is 5.92 Å². The van der Waals surface area contributed by atoms with Gasteiger partial charge in [-0.2, -0.15) is 0 Å². The molecule has 0 amide bonds. The van der Waals surface area contributed by atoms with Crippen LogP contribution in [-0.4, -0.2) is 37.2 Å². The van der Waals surface area contributed by atoms with Crippen LogP contribution in [0.4, 0.5) is 0 Å². The lowest BCUT2D eigenvalue weighted by Gasteiger charge is -2.40. The molecule has 2 heterocycles. The van der Waals surface area contributed by atoms with E-state index in [9.17, 15) is 0 Å². The molecule has 2 aliphatic heterocycles. The molecular formula is C17H25BrN2O. The van der Waals surface area contributed by atoms with Crippen molar-refractivity contribution in [1.29, 1.82) is 0 Å². The summed E-state index contributed by atoms with van der Waals surface area (Å²) in [5, 5.41) is 3.77. The second kappa shape index (κ2) is 6.27. The van der Waals surface area contributed by atoms with Crippen LogP contribution in [0.3, 0.4) is 0 Å². The number of likely N-dealkylation sites (tertiary alicyclic amines) is 1. The lowest BCUT2D eigenvalue weighted by Crippen LogP contribution is -2.50.